The van der Waals surface area contributed by atoms with Crippen LogP contribution in [-0.2, 0) is 0 Å². The minimum absolute atomic E-state index is 0.173. The first-order valence-electron chi connectivity index (χ1n) is 4.70. The van der Waals surface area contributed by atoms with Gasteiger partial charge in [0.25, 0.3) is 0 Å². The molecule has 0 radical (unpaired) electrons. The number of nitrogens with one attached hydrogen (secondary N) is 1. The quantitative estimate of drug-likeness (QED) is 0.587. The largest absolute Gasteiger partial charge is 0.390 e. The Labute approximate surface area is 74.8 Å². The van der Waals surface area contributed by atoms with E-state index in [4.69, 9.17) is 0 Å². The minimum atomic E-state index is -0.216. The van der Waals surface area contributed by atoms with Crippen molar-refractivity contribution in [2.24, 2.45) is 0 Å². The standard InChI is InChI=1S/C9H20N2O/c1-4-11-6-8(12)5-10-7-9(11,2)3/h8,10,12H,4-7H2,1-3H3. The number of nitrogens with zero attached hydrogens (tertiary/aromatic N) is 1. The monoisotopic (exact) mass is 172 g/mol. The second-order valence-corrected chi connectivity index (χ2v) is 4.14. The minimum Gasteiger partial charge on any atom is -0.390 e. The molecule has 3 heteroatoms. The average Bonchev–Trinajstić information content (AvgIpc) is 2.10. The lowest BCUT2D eigenvalue weighted by molar-refractivity contribution is 0.0818. The number of hydrogen-bond acceptors (Lipinski definition) is 3. The van der Waals surface area contributed by atoms with E-state index in [9.17, 15) is 5.11 Å². The van der Waals surface area contributed by atoms with Crippen molar-refractivity contribution in [3.8, 4) is 0 Å². The van der Waals surface area contributed by atoms with Gasteiger partial charge in [0.2, 0.25) is 0 Å². The van der Waals surface area contributed by atoms with Gasteiger partial charge in [-0.15, -0.1) is 0 Å². The molecule has 3 nitrogen and oxygen atoms in total. The van der Waals surface area contributed by atoms with E-state index in [1.54, 1.807) is 0 Å². The molecule has 1 aliphatic rings. The Kier molecular flexibility index (Phi) is 3.09. The topological polar surface area (TPSA) is 35.5 Å². The van der Waals surface area contributed by atoms with Gasteiger partial charge in [-0.1, -0.05) is 6.92 Å². The highest BCUT2D eigenvalue weighted by Gasteiger charge is 2.29. The van der Waals surface area contributed by atoms with Crippen molar-refractivity contribution in [2.45, 2.75) is 32.4 Å². The van der Waals surface area contributed by atoms with Crippen LogP contribution in [0.3, 0.4) is 0 Å². The van der Waals surface area contributed by atoms with Crippen molar-refractivity contribution >= 4 is 0 Å². The fourth-order valence-electron chi connectivity index (χ4n) is 1.78. The summed E-state index contributed by atoms with van der Waals surface area (Å²) >= 11 is 0. The van der Waals surface area contributed by atoms with Crippen molar-refractivity contribution in [2.75, 3.05) is 26.2 Å². The predicted molar refractivity (Wildman–Crippen MR) is 50.2 cm³/mol. The molecule has 0 aliphatic carbocycles. The zero-order valence-electron chi connectivity index (χ0n) is 8.30. The third-order valence-corrected chi connectivity index (χ3v) is 2.61. The van der Waals surface area contributed by atoms with Crippen molar-refractivity contribution in [3.05, 3.63) is 0 Å². The molecule has 1 fully saturated rings. The van der Waals surface area contributed by atoms with E-state index in [2.05, 4.69) is 31.0 Å². The lowest BCUT2D eigenvalue weighted by atomic mass is 10.0. The molecule has 1 saturated heterocycles. The van der Waals surface area contributed by atoms with E-state index in [-0.39, 0.29) is 11.6 Å². The summed E-state index contributed by atoms with van der Waals surface area (Å²) in [4.78, 5) is 2.32. The molecule has 0 aromatic carbocycles. The average molecular weight is 172 g/mol. The first-order chi connectivity index (χ1) is 5.56. The molecule has 0 spiro atoms. The highest BCUT2D eigenvalue weighted by Crippen LogP contribution is 2.15. The van der Waals surface area contributed by atoms with Gasteiger partial charge in [-0.05, 0) is 20.4 Å². The first-order valence-corrected chi connectivity index (χ1v) is 4.70. The number of aliphatic hydroxyl groups is 1. The van der Waals surface area contributed by atoms with Crippen LogP contribution in [0.4, 0.5) is 0 Å². The Morgan fingerprint density at radius 1 is 1.58 bits per heavy atom. The van der Waals surface area contributed by atoms with Crippen LogP contribution in [0, 0.1) is 0 Å². The summed E-state index contributed by atoms with van der Waals surface area (Å²) in [6.07, 6.45) is -0.216. The number of rotatable bonds is 1. The Morgan fingerprint density at radius 2 is 2.25 bits per heavy atom. The van der Waals surface area contributed by atoms with Gasteiger partial charge >= 0.3 is 0 Å². The molecule has 0 aromatic rings. The van der Waals surface area contributed by atoms with Crippen LogP contribution in [0.1, 0.15) is 20.8 Å². The molecule has 1 aliphatic heterocycles. The molecule has 0 amide bonds. The summed E-state index contributed by atoms with van der Waals surface area (Å²) in [6, 6.07) is 0. The maximum atomic E-state index is 9.52. The Hall–Kier alpha value is -0.120. The van der Waals surface area contributed by atoms with Gasteiger partial charge in [0.15, 0.2) is 0 Å². The highest BCUT2D eigenvalue weighted by molar-refractivity contribution is 4.88. The van der Waals surface area contributed by atoms with Crippen LogP contribution in [0.15, 0.2) is 0 Å². The third-order valence-electron chi connectivity index (χ3n) is 2.61. The number of β-amino-alcohol motifs (C(OH)–C–C–N with tert-alkyl or cyclic N) is 1. The fraction of sp³-hybridized carbons (Fsp3) is 1.00. The van der Waals surface area contributed by atoms with E-state index < -0.39 is 0 Å². The lowest BCUT2D eigenvalue weighted by Crippen LogP contribution is -2.49. The van der Waals surface area contributed by atoms with Gasteiger partial charge in [0, 0.05) is 25.2 Å². The molecule has 0 bridgehead atoms. The molecule has 1 heterocycles. The zero-order chi connectivity index (χ0) is 9.19. The van der Waals surface area contributed by atoms with Gasteiger partial charge in [-0.3, -0.25) is 4.90 Å². The van der Waals surface area contributed by atoms with Gasteiger partial charge in [-0.2, -0.15) is 0 Å². The molecule has 72 valence electrons. The molecular formula is C9H20N2O. The van der Waals surface area contributed by atoms with E-state index >= 15 is 0 Å². The molecule has 12 heavy (non-hydrogen) atoms. The summed E-state index contributed by atoms with van der Waals surface area (Å²) < 4.78 is 0. The third kappa shape index (κ3) is 2.19. The van der Waals surface area contributed by atoms with E-state index in [1.807, 2.05) is 0 Å². The van der Waals surface area contributed by atoms with Gasteiger partial charge < -0.3 is 10.4 Å². The SMILES string of the molecule is CCN1CC(O)CNCC1(C)C. The lowest BCUT2D eigenvalue weighted by Gasteiger charge is -2.36. The van der Waals surface area contributed by atoms with Crippen molar-refractivity contribution in [3.63, 3.8) is 0 Å². The molecule has 0 aromatic heterocycles. The van der Waals surface area contributed by atoms with Crippen molar-refractivity contribution in [1.82, 2.24) is 10.2 Å². The second-order valence-electron chi connectivity index (χ2n) is 4.14. The molecule has 1 rings (SSSR count). The summed E-state index contributed by atoms with van der Waals surface area (Å²) in [6.45, 7) is 10.0. The van der Waals surface area contributed by atoms with Crippen LogP contribution < -0.4 is 5.32 Å². The molecule has 2 N–H and O–H groups in total. The molecule has 1 atom stereocenters. The number of aliphatic hydroxyl groups excluding tert-OH is 1. The summed E-state index contributed by atoms with van der Waals surface area (Å²) in [7, 11) is 0. The molecule has 1 unspecified atom stereocenters. The Balaban J connectivity index is 2.63. The van der Waals surface area contributed by atoms with Crippen LogP contribution in [-0.4, -0.2) is 47.8 Å². The van der Waals surface area contributed by atoms with Crippen LogP contribution >= 0.6 is 0 Å². The fourth-order valence-corrected chi connectivity index (χ4v) is 1.78. The number of hydrogen-bond donors (Lipinski definition) is 2. The van der Waals surface area contributed by atoms with Crippen LogP contribution in [0.5, 0.6) is 0 Å². The second kappa shape index (κ2) is 3.73. The van der Waals surface area contributed by atoms with E-state index in [0.29, 0.717) is 0 Å². The van der Waals surface area contributed by atoms with Crippen LogP contribution in [0.25, 0.3) is 0 Å². The summed E-state index contributed by atoms with van der Waals surface area (Å²) in [5.74, 6) is 0. The van der Waals surface area contributed by atoms with Crippen LogP contribution in [0.2, 0.25) is 0 Å². The van der Waals surface area contributed by atoms with Gasteiger partial charge in [0.1, 0.15) is 0 Å². The Bertz CT molecular complexity index is 147. The zero-order valence-corrected chi connectivity index (χ0v) is 8.30. The van der Waals surface area contributed by atoms with E-state index in [0.717, 1.165) is 26.2 Å². The Morgan fingerprint density at radius 3 is 2.83 bits per heavy atom. The van der Waals surface area contributed by atoms with Crippen molar-refractivity contribution in [1.29, 1.82) is 0 Å². The smallest absolute Gasteiger partial charge is 0.0791 e. The maximum absolute atomic E-state index is 9.52. The predicted octanol–water partition coefficient (Wildman–Crippen LogP) is 0.0510. The molecule has 0 saturated carbocycles. The van der Waals surface area contributed by atoms with Crippen molar-refractivity contribution < 1.29 is 5.11 Å². The van der Waals surface area contributed by atoms with E-state index in [1.165, 1.54) is 0 Å². The van der Waals surface area contributed by atoms with Gasteiger partial charge in [0.05, 0.1) is 6.10 Å². The normalized spacial score (nSPS) is 31.5. The molecular weight excluding hydrogens is 152 g/mol. The maximum Gasteiger partial charge on any atom is 0.0791 e. The highest BCUT2D eigenvalue weighted by atomic mass is 16.3. The van der Waals surface area contributed by atoms with Gasteiger partial charge in [-0.25, -0.2) is 0 Å². The summed E-state index contributed by atoms with van der Waals surface area (Å²) in [5, 5.41) is 12.8. The first kappa shape index (κ1) is 9.96. The number of likely N-dealkylation sites (N-methyl/N-ethyl adjacent to an activating group) is 1. The summed E-state index contributed by atoms with van der Waals surface area (Å²) in [5.41, 5.74) is 0.173.